The number of aliphatic hydroxyl groups excluding tert-OH is 1. The molecule has 0 saturated carbocycles. The average molecular weight is 298 g/mol. The lowest BCUT2D eigenvalue weighted by molar-refractivity contribution is -0.144. The number of urea groups is 1. The van der Waals surface area contributed by atoms with Gasteiger partial charge < -0.3 is 20.0 Å². The minimum atomic E-state index is -4.55. The highest BCUT2D eigenvalue weighted by Gasteiger charge is 2.42. The molecule has 2 N–H and O–H groups in total. The number of halogens is 3. The number of carbonyl (C=O) groups is 2. The molecule has 1 saturated heterocycles. The summed E-state index contributed by atoms with van der Waals surface area (Å²) in [6, 6.07) is -2.29. The predicted molar refractivity (Wildman–Crippen MR) is 62.1 cm³/mol. The number of nitrogens with zero attached hydrogens (tertiary/aromatic N) is 2. The second kappa shape index (κ2) is 6.29. The van der Waals surface area contributed by atoms with Gasteiger partial charge in [-0.3, -0.25) is 0 Å². The number of rotatable bonds is 4. The van der Waals surface area contributed by atoms with E-state index in [1.807, 2.05) is 0 Å². The van der Waals surface area contributed by atoms with E-state index in [0.29, 0.717) is 11.3 Å². The van der Waals surface area contributed by atoms with E-state index in [-0.39, 0.29) is 19.5 Å². The number of alkyl halides is 3. The van der Waals surface area contributed by atoms with Crippen LogP contribution < -0.4 is 0 Å². The third-order valence-electron chi connectivity index (χ3n) is 2.94. The molecule has 0 bridgehead atoms. The van der Waals surface area contributed by atoms with Gasteiger partial charge >= 0.3 is 18.2 Å². The minimum Gasteiger partial charge on any atom is -0.480 e. The zero-order valence-electron chi connectivity index (χ0n) is 10.9. The Morgan fingerprint density at radius 3 is 2.45 bits per heavy atom. The molecule has 0 aliphatic carbocycles. The average Bonchev–Trinajstić information content (AvgIpc) is 2.68. The summed E-state index contributed by atoms with van der Waals surface area (Å²) in [5.41, 5.74) is 0. The summed E-state index contributed by atoms with van der Waals surface area (Å²) in [6.07, 6.45) is -5.44. The summed E-state index contributed by atoms with van der Waals surface area (Å²) in [5, 5.41) is 18.4. The van der Waals surface area contributed by atoms with Gasteiger partial charge in [0.15, 0.2) is 0 Å². The smallest absolute Gasteiger partial charge is 0.406 e. The molecule has 0 spiro atoms. The van der Waals surface area contributed by atoms with E-state index in [4.69, 9.17) is 5.11 Å². The summed E-state index contributed by atoms with van der Waals surface area (Å²) in [5.74, 6) is -1.33. The van der Waals surface area contributed by atoms with Crippen LogP contribution in [0.3, 0.4) is 0 Å². The molecule has 0 aromatic rings. The van der Waals surface area contributed by atoms with Crippen LogP contribution in [-0.2, 0) is 4.79 Å². The van der Waals surface area contributed by atoms with Crippen molar-refractivity contribution < 1.29 is 33.0 Å². The Morgan fingerprint density at radius 1 is 1.40 bits per heavy atom. The number of hydrogen-bond acceptors (Lipinski definition) is 3. The Balaban J connectivity index is 2.85. The lowest BCUT2D eigenvalue weighted by Crippen LogP contribution is -2.50. The van der Waals surface area contributed by atoms with Crippen LogP contribution in [0.4, 0.5) is 18.0 Å². The van der Waals surface area contributed by atoms with Gasteiger partial charge in [0.05, 0.1) is 6.10 Å². The molecule has 2 atom stereocenters. The normalized spacial score (nSPS) is 22.9. The van der Waals surface area contributed by atoms with E-state index >= 15 is 0 Å². The fourth-order valence-electron chi connectivity index (χ4n) is 2.17. The first-order valence-corrected chi connectivity index (χ1v) is 6.19. The second-order valence-electron chi connectivity index (χ2n) is 4.72. The molecule has 6 nitrogen and oxygen atoms in total. The van der Waals surface area contributed by atoms with Crippen molar-refractivity contribution in [1.29, 1.82) is 0 Å². The number of amides is 2. The van der Waals surface area contributed by atoms with Gasteiger partial charge in [-0.25, -0.2) is 9.59 Å². The molecule has 1 aliphatic heterocycles. The van der Waals surface area contributed by atoms with Crippen molar-refractivity contribution >= 4 is 12.0 Å². The first-order valence-electron chi connectivity index (χ1n) is 6.19. The van der Waals surface area contributed by atoms with Crippen molar-refractivity contribution in [3.8, 4) is 0 Å². The van der Waals surface area contributed by atoms with Crippen LogP contribution in [0.15, 0.2) is 0 Å². The van der Waals surface area contributed by atoms with Gasteiger partial charge in [0.25, 0.3) is 0 Å². The number of aliphatic carboxylic acids is 1. The molecule has 0 radical (unpaired) electrons. The van der Waals surface area contributed by atoms with Crippen molar-refractivity contribution in [2.45, 2.75) is 38.1 Å². The highest BCUT2D eigenvalue weighted by Crippen LogP contribution is 2.23. The maximum Gasteiger partial charge on any atom is 0.406 e. The van der Waals surface area contributed by atoms with Gasteiger partial charge in [-0.1, -0.05) is 6.92 Å². The standard InChI is InChI=1S/C11H17F3N2O4/c1-2-3-15(6-11(12,13)14)10(20)16-5-7(17)4-8(16)9(18)19/h7-8,17H,2-6H2,1H3,(H,18,19)/t7-,8+/m1/s1. The monoisotopic (exact) mass is 298 g/mol. The van der Waals surface area contributed by atoms with E-state index in [2.05, 4.69) is 0 Å². The molecule has 0 aromatic heterocycles. The van der Waals surface area contributed by atoms with Gasteiger partial charge in [0.1, 0.15) is 12.6 Å². The van der Waals surface area contributed by atoms with E-state index in [1.165, 1.54) is 0 Å². The van der Waals surface area contributed by atoms with Gasteiger partial charge in [-0.05, 0) is 6.42 Å². The number of carboxylic acids is 1. The zero-order valence-corrected chi connectivity index (χ0v) is 10.9. The second-order valence-corrected chi connectivity index (χ2v) is 4.72. The van der Waals surface area contributed by atoms with Crippen LogP contribution in [-0.4, -0.2) is 70.0 Å². The van der Waals surface area contributed by atoms with Crippen molar-refractivity contribution in [3.63, 3.8) is 0 Å². The highest BCUT2D eigenvalue weighted by atomic mass is 19.4. The van der Waals surface area contributed by atoms with Gasteiger partial charge in [-0.2, -0.15) is 13.2 Å². The van der Waals surface area contributed by atoms with Crippen LogP contribution in [0.5, 0.6) is 0 Å². The number of hydrogen-bond donors (Lipinski definition) is 2. The molecular formula is C11H17F3N2O4. The number of likely N-dealkylation sites (tertiary alicyclic amines) is 1. The molecule has 2 amide bonds. The van der Waals surface area contributed by atoms with Gasteiger partial charge in [0, 0.05) is 19.5 Å². The Hall–Kier alpha value is -1.51. The highest BCUT2D eigenvalue weighted by molar-refractivity contribution is 5.83. The Bertz CT molecular complexity index is 375. The van der Waals surface area contributed by atoms with E-state index in [9.17, 15) is 27.9 Å². The summed E-state index contributed by atoms with van der Waals surface area (Å²) in [7, 11) is 0. The summed E-state index contributed by atoms with van der Waals surface area (Å²) in [6.45, 7) is -0.214. The first-order chi connectivity index (χ1) is 9.15. The van der Waals surface area contributed by atoms with Gasteiger partial charge in [-0.15, -0.1) is 0 Å². The van der Waals surface area contributed by atoms with Crippen molar-refractivity contribution in [2.24, 2.45) is 0 Å². The number of β-amino-alcohol motifs (C(OH)–C–C–N with tert-alkyl or cyclic N) is 1. The maximum atomic E-state index is 12.4. The Morgan fingerprint density at radius 2 is 2.00 bits per heavy atom. The lowest BCUT2D eigenvalue weighted by atomic mass is 10.2. The van der Waals surface area contributed by atoms with Crippen LogP contribution in [0, 0.1) is 0 Å². The van der Waals surface area contributed by atoms with Crippen LogP contribution in [0.2, 0.25) is 0 Å². The number of carbonyl (C=O) groups excluding carboxylic acids is 1. The molecule has 116 valence electrons. The lowest BCUT2D eigenvalue weighted by Gasteiger charge is -2.30. The SMILES string of the molecule is CCCN(CC(F)(F)F)C(=O)N1C[C@H](O)C[C@H]1C(=O)O. The molecule has 20 heavy (non-hydrogen) atoms. The van der Waals surface area contributed by atoms with E-state index in [0.717, 1.165) is 4.90 Å². The molecule has 1 heterocycles. The summed E-state index contributed by atoms with van der Waals surface area (Å²) in [4.78, 5) is 24.4. The third kappa shape index (κ3) is 4.26. The largest absolute Gasteiger partial charge is 0.480 e. The quantitative estimate of drug-likeness (QED) is 0.808. The van der Waals surface area contributed by atoms with Crippen molar-refractivity contribution in [1.82, 2.24) is 9.80 Å². The van der Waals surface area contributed by atoms with Crippen LogP contribution >= 0.6 is 0 Å². The molecule has 0 unspecified atom stereocenters. The molecule has 9 heteroatoms. The van der Waals surface area contributed by atoms with E-state index < -0.39 is 36.9 Å². The molecule has 0 aromatic carbocycles. The van der Waals surface area contributed by atoms with E-state index in [1.54, 1.807) is 6.92 Å². The molecule has 1 aliphatic rings. The fourth-order valence-corrected chi connectivity index (χ4v) is 2.17. The van der Waals surface area contributed by atoms with Gasteiger partial charge in [0.2, 0.25) is 0 Å². The third-order valence-corrected chi connectivity index (χ3v) is 2.94. The fraction of sp³-hybridized carbons (Fsp3) is 0.818. The van der Waals surface area contributed by atoms with Crippen LogP contribution in [0.1, 0.15) is 19.8 Å². The maximum absolute atomic E-state index is 12.4. The summed E-state index contributed by atoms with van der Waals surface area (Å²) < 4.78 is 37.3. The predicted octanol–water partition coefficient (Wildman–Crippen LogP) is 0.901. The Kier molecular flexibility index (Phi) is 5.21. The van der Waals surface area contributed by atoms with Crippen molar-refractivity contribution in [2.75, 3.05) is 19.6 Å². The summed E-state index contributed by atoms with van der Waals surface area (Å²) >= 11 is 0. The van der Waals surface area contributed by atoms with Crippen molar-refractivity contribution in [3.05, 3.63) is 0 Å². The topological polar surface area (TPSA) is 81.1 Å². The molecular weight excluding hydrogens is 281 g/mol. The molecule has 1 fully saturated rings. The minimum absolute atomic E-state index is 0.128. The molecule has 1 rings (SSSR count). The number of aliphatic hydroxyl groups is 1. The number of carboxylic acid groups (broad SMARTS) is 1. The Labute approximate surface area is 113 Å². The first kappa shape index (κ1) is 16.5. The van der Waals surface area contributed by atoms with Crippen LogP contribution in [0.25, 0.3) is 0 Å². The zero-order chi connectivity index (χ0) is 15.5.